The van der Waals surface area contributed by atoms with Crippen LogP contribution in [0.3, 0.4) is 0 Å². The molecule has 0 spiro atoms. The van der Waals surface area contributed by atoms with Gasteiger partial charge in [-0.1, -0.05) is 17.7 Å². The number of nitrogens with one attached hydrogen (secondary N) is 2. The van der Waals surface area contributed by atoms with Crippen molar-refractivity contribution < 1.29 is 8.42 Å². The van der Waals surface area contributed by atoms with Crippen LogP contribution in [0.4, 0.5) is 11.5 Å². The molecule has 0 fully saturated rings. The molecule has 0 bridgehead atoms. The van der Waals surface area contributed by atoms with Crippen molar-refractivity contribution in [1.29, 1.82) is 0 Å². The highest BCUT2D eigenvalue weighted by molar-refractivity contribution is 7.92. The molecule has 0 aliphatic heterocycles. The van der Waals surface area contributed by atoms with Crippen LogP contribution in [-0.4, -0.2) is 45.5 Å². The summed E-state index contributed by atoms with van der Waals surface area (Å²) in [5.41, 5.74) is 0.397. The molecular weight excluding hydrogens is 348 g/mol. The molecule has 1 aromatic heterocycles. The molecule has 0 amide bonds. The number of sulfonamides is 1. The van der Waals surface area contributed by atoms with E-state index in [1.807, 2.05) is 14.1 Å². The molecular formula is C16H21ClN4O2S. The summed E-state index contributed by atoms with van der Waals surface area (Å²) in [7, 11) is 0.374. The minimum atomic E-state index is -3.68. The van der Waals surface area contributed by atoms with Gasteiger partial charge in [0.1, 0.15) is 5.82 Å². The first-order valence-corrected chi connectivity index (χ1v) is 9.36. The van der Waals surface area contributed by atoms with Gasteiger partial charge in [-0.15, -0.1) is 0 Å². The number of pyridine rings is 1. The monoisotopic (exact) mass is 368 g/mol. The molecule has 0 aliphatic carbocycles. The number of hydrogen-bond acceptors (Lipinski definition) is 5. The molecule has 2 N–H and O–H groups in total. The fourth-order valence-electron chi connectivity index (χ4n) is 2.02. The van der Waals surface area contributed by atoms with Gasteiger partial charge in [0.15, 0.2) is 0 Å². The lowest BCUT2D eigenvalue weighted by atomic mass is 10.4. The number of rotatable bonds is 8. The Morgan fingerprint density at radius 1 is 1.21 bits per heavy atom. The largest absolute Gasteiger partial charge is 0.370 e. The van der Waals surface area contributed by atoms with Crippen molar-refractivity contribution in [1.82, 2.24) is 9.88 Å². The van der Waals surface area contributed by atoms with Crippen molar-refractivity contribution in [3.63, 3.8) is 0 Å². The Hall–Kier alpha value is -1.83. The van der Waals surface area contributed by atoms with Gasteiger partial charge in [-0.05, 0) is 57.4 Å². The van der Waals surface area contributed by atoms with Crippen molar-refractivity contribution in [3.8, 4) is 0 Å². The van der Waals surface area contributed by atoms with Crippen LogP contribution in [0.1, 0.15) is 6.42 Å². The summed E-state index contributed by atoms with van der Waals surface area (Å²) in [6, 6.07) is 9.52. The summed E-state index contributed by atoms with van der Waals surface area (Å²) in [6.45, 7) is 1.79. The van der Waals surface area contributed by atoms with E-state index in [4.69, 9.17) is 11.6 Å². The number of hydrogen-bond donors (Lipinski definition) is 2. The maximum atomic E-state index is 12.3. The zero-order chi connectivity index (χ0) is 17.6. The van der Waals surface area contributed by atoms with E-state index in [1.54, 1.807) is 24.3 Å². The third kappa shape index (κ3) is 5.67. The Bertz CT molecular complexity index is 764. The van der Waals surface area contributed by atoms with Crippen LogP contribution in [-0.2, 0) is 10.0 Å². The normalized spacial score (nSPS) is 11.5. The van der Waals surface area contributed by atoms with E-state index in [0.29, 0.717) is 16.5 Å². The van der Waals surface area contributed by atoms with E-state index in [1.165, 1.54) is 18.3 Å². The average molecular weight is 369 g/mol. The Labute approximate surface area is 147 Å². The second-order valence-corrected chi connectivity index (χ2v) is 7.70. The quantitative estimate of drug-likeness (QED) is 0.701. The Morgan fingerprint density at radius 2 is 2.00 bits per heavy atom. The average Bonchev–Trinajstić information content (AvgIpc) is 2.52. The predicted molar refractivity (Wildman–Crippen MR) is 98.2 cm³/mol. The summed E-state index contributed by atoms with van der Waals surface area (Å²) in [4.78, 5) is 6.44. The fraction of sp³-hybridized carbons (Fsp3) is 0.312. The van der Waals surface area contributed by atoms with Gasteiger partial charge in [0.05, 0.1) is 16.8 Å². The van der Waals surface area contributed by atoms with Crippen LogP contribution in [0.2, 0.25) is 5.02 Å². The first-order valence-electron chi connectivity index (χ1n) is 7.50. The van der Waals surface area contributed by atoms with E-state index in [2.05, 4.69) is 19.9 Å². The molecule has 1 heterocycles. The van der Waals surface area contributed by atoms with Crippen molar-refractivity contribution in [2.24, 2.45) is 0 Å². The van der Waals surface area contributed by atoms with Crippen LogP contribution < -0.4 is 10.0 Å². The SMILES string of the molecule is CN(C)CCCNc1ccc(NS(=O)(=O)c2cccc(Cl)c2)cn1. The zero-order valence-corrected chi connectivity index (χ0v) is 15.2. The topological polar surface area (TPSA) is 74.3 Å². The lowest BCUT2D eigenvalue weighted by Crippen LogP contribution is -2.16. The summed E-state index contributed by atoms with van der Waals surface area (Å²) < 4.78 is 27.1. The molecule has 0 unspecified atom stereocenters. The zero-order valence-electron chi connectivity index (χ0n) is 13.7. The summed E-state index contributed by atoms with van der Waals surface area (Å²) in [6.07, 6.45) is 2.48. The fourth-order valence-corrected chi connectivity index (χ4v) is 3.36. The van der Waals surface area contributed by atoms with Crippen molar-refractivity contribution in [2.45, 2.75) is 11.3 Å². The van der Waals surface area contributed by atoms with Crippen LogP contribution in [0.25, 0.3) is 0 Å². The van der Waals surface area contributed by atoms with Gasteiger partial charge in [0.25, 0.3) is 10.0 Å². The van der Waals surface area contributed by atoms with Crippen molar-refractivity contribution >= 4 is 33.1 Å². The van der Waals surface area contributed by atoms with Crippen LogP contribution in [0, 0.1) is 0 Å². The van der Waals surface area contributed by atoms with E-state index >= 15 is 0 Å². The highest BCUT2D eigenvalue weighted by Crippen LogP contribution is 2.19. The highest BCUT2D eigenvalue weighted by atomic mass is 35.5. The van der Waals surface area contributed by atoms with Gasteiger partial charge in [0.2, 0.25) is 0 Å². The van der Waals surface area contributed by atoms with Crippen LogP contribution in [0.15, 0.2) is 47.5 Å². The smallest absolute Gasteiger partial charge is 0.261 e. The molecule has 6 nitrogen and oxygen atoms in total. The minimum Gasteiger partial charge on any atom is -0.370 e. The van der Waals surface area contributed by atoms with Gasteiger partial charge in [0, 0.05) is 11.6 Å². The van der Waals surface area contributed by atoms with E-state index in [0.717, 1.165) is 19.5 Å². The summed E-state index contributed by atoms with van der Waals surface area (Å²) in [5, 5.41) is 3.57. The molecule has 0 saturated heterocycles. The van der Waals surface area contributed by atoms with Gasteiger partial charge in [-0.2, -0.15) is 0 Å². The van der Waals surface area contributed by atoms with Gasteiger partial charge in [-0.25, -0.2) is 13.4 Å². The Balaban J connectivity index is 1.96. The number of aromatic nitrogens is 1. The molecule has 2 aromatic rings. The molecule has 0 aliphatic rings. The van der Waals surface area contributed by atoms with Crippen molar-refractivity contribution in [3.05, 3.63) is 47.6 Å². The van der Waals surface area contributed by atoms with Crippen LogP contribution in [0.5, 0.6) is 0 Å². The standard InChI is InChI=1S/C16H21ClN4O2S/c1-21(2)10-4-9-18-16-8-7-14(12-19-16)20-24(22,23)15-6-3-5-13(17)11-15/h3,5-8,11-12,20H,4,9-10H2,1-2H3,(H,18,19). The molecule has 0 radical (unpaired) electrons. The first-order chi connectivity index (χ1) is 11.4. The maximum absolute atomic E-state index is 12.3. The molecule has 8 heteroatoms. The lowest BCUT2D eigenvalue weighted by molar-refractivity contribution is 0.405. The Kier molecular flexibility index (Phi) is 6.42. The van der Waals surface area contributed by atoms with Crippen molar-refractivity contribution in [2.75, 3.05) is 37.2 Å². The number of nitrogens with zero attached hydrogens (tertiary/aromatic N) is 2. The second kappa shape index (κ2) is 8.32. The predicted octanol–water partition coefficient (Wildman–Crippen LogP) is 2.90. The third-order valence-corrected chi connectivity index (χ3v) is 4.82. The molecule has 0 atom stereocenters. The Morgan fingerprint density at radius 3 is 2.62 bits per heavy atom. The molecule has 24 heavy (non-hydrogen) atoms. The molecule has 130 valence electrons. The van der Waals surface area contributed by atoms with E-state index in [-0.39, 0.29) is 4.90 Å². The van der Waals surface area contributed by atoms with E-state index < -0.39 is 10.0 Å². The third-order valence-electron chi connectivity index (χ3n) is 3.21. The van der Waals surface area contributed by atoms with Gasteiger partial charge < -0.3 is 10.2 Å². The number of anilines is 2. The minimum absolute atomic E-state index is 0.112. The lowest BCUT2D eigenvalue weighted by Gasteiger charge is -2.11. The maximum Gasteiger partial charge on any atom is 0.261 e. The second-order valence-electron chi connectivity index (χ2n) is 5.58. The molecule has 0 saturated carbocycles. The first kappa shape index (κ1) is 18.5. The van der Waals surface area contributed by atoms with Crippen LogP contribution >= 0.6 is 11.6 Å². The summed E-state index contributed by atoms with van der Waals surface area (Å²) >= 11 is 5.84. The number of halogens is 1. The highest BCUT2D eigenvalue weighted by Gasteiger charge is 2.14. The summed E-state index contributed by atoms with van der Waals surface area (Å²) in [5.74, 6) is 0.708. The van der Waals surface area contributed by atoms with Gasteiger partial charge in [-0.3, -0.25) is 4.72 Å². The van der Waals surface area contributed by atoms with E-state index in [9.17, 15) is 8.42 Å². The molecule has 2 rings (SSSR count). The number of benzene rings is 1. The van der Waals surface area contributed by atoms with Gasteiger partial charge >= 0.3 is 0 Å². The molecule has 1 aromatic carbocycles.